The van der Waals surface area contributed by atoms with Gasteiger partial charge in [0.25, 0.3) is 0 Å². The van der Waals surface area contributed by atoms with Crippen LogP contribution in [0.5, 0.6) is 0 Å². The smallest absolute Gasteiger partial charge is 0.169 e. The Kier molecular flexibility index (Phi) is 4.93. The number of hydrogen-bond donors (Lipinski definition) is 0. The van der Waals surface area contributed by atoms with Crippen molar-refractivity contribution in [1.82, 2.24) is 0 Å². The zero-order chi connectivity index (χ0) is 14.0. The number of nitrogens with zero attached hydrogens (tertiary/aromatic N) is 1. The standard InChI is InChI=1S/C12H15Cl2NO2S2/c1-19(16,17)11-8-18-6-5-15(11)12-9(7-13)3-2-4-10(12)14/h2-4,11H,5-8H2,1H3. The van der Waals surface area contributed by atoms with Crippen LogP contribution in [0.4, 0.5) is 5.69 Å². The monoisotopic (exact) mass is 339 g/mol. The Bertz CT molecular complexity index is 563. The lowest BCUT2D eigenvalue weighted by Crippen LogP contribution is -2.47. The predicted octanol–water partition coefficient (Wildman–Crippen LogP) is 3.00. The number of alkyl halides is 1. The largest absolute Gasteiger partial charge is 0.352 e. The van der Waals surface area contributed by atoms with Crippen molar-refractivity contribution < 1.29 is 8.42 Å². The molecule has 1 aromatic rings. The highest BCUT2D eigenvalue weighted by Gasteiger charge is 2.33. The van der Waals surface area contributed by atoms with E-state index in [0.717, 1.165) is 17.0 Å². The number of halogens is 2. The van der Waals surface area contributed by atoms with Gasteiger partial charge in [-0.2, -0.15) is 11.8 Å². The SMILES string of the molecule is CS(=O)(=O)C1CSCCN1c1c(Cl)cccc1CCl. The van der Waals surface area contributed by atoms with E-state index in [-0.39, 0.29) is 0 Å². The topological polar surface area (TPSA) is 37.4 Å². The average Bonchev–Trinajstić information content (AvgIpc) is 2.37. The zero-order valence-electron chi connectivity index (χ0n) is 10.5. The van der Waals surface area contributed by atoms with E-state index in [4.69, 9.17) is 23.2 Å². The van der Waals surface area contributed by atoms with Gasteiger partial charge < -0.3 is 4.90 Å². The van der Waals surface area contributed by atoms with Crippen molar-refractivity contribution in [2.75, 3.05) is 29.2 Å². The molecule has 1 saturated heterocycles. The maximum Gasteiger partial charge on any atom is 0.169 e. The maximum absolute atomic E-state index is 11.9. The highest BCUT2D eigenvalue weighted by Crippen LogP contribution is 2.35. The highest BCUT2D eigenvalue weighted by atomic mass is 35.5. The quantitative estimate of drug-likeness (QED) is 0.793. The lowest BCUT2D eigenvalue weighted by atomic mass is 10.1. The molecule has 1 aliphatic rings. The molecule has 0 aromatic heterocycles. The molecular weight excluding hydrogens is 325 g/mol. The van der Waals surface area contributed by atoms with Gasteiger partial charge in [-0.1, -0.05) is 23.7 Å². The maximum atomic E-state index is 11.9. The lowest BCUT2D eigenvalue weighted by Gasteiger charge is -2.37. The molecule has 1 aliphatic heterocycles. The number of thioether (sulfide) groups is 1. The van der Waals surface area contributed by atoms with Crippen molar-refractivity contribution in [3.63, 3.8) is 0 Å². The molecule has 0 saturated carbocycles. The Balaban J connectivity index is 2.49. The number of sulfone groups is 1. The second-order valence-electron chi connectivity index (χ2n) is 4.43. The van der Waals surface area contributed by atoms with Crippen molar-refractivity contribution in [1.29, 1.82) is 0 Å². The Morgan fingerprint density at radius 2 is 2.21 bits per heavy atom. The minimum atomic E-state index is -3.16. The number of hydrogen-bond acceptors (Lipinski definition) is 4. The van der Waals surface area contributed by atoms with Crippen molar-refractivity contribution in [3.8, 4) is 0 Å². The van der Waals surface area contributed by atoms with Crippen LogP contribution in [0.15, 0.2) is 18.2 Å². The molecule has 0 aliphatic carbocycles. The summed E-state index contributed by atoms with van der Waals surface area (Å²) in [5.74, 6) is 1.76. The molecule has 1 atom stereocenters. The molecule has 0 spiro atoms. The molecule has 106 valence electrons. The first-order valence-corrected chi connectivity index (χ1v) is 9.84. The van der Waals surface area contributed by atoms with Gasteiger partial charge in [-0.15, -0.1) is 11.6 Å². The first-order chi connectivity index (χ1) is 8.95. The molecule has 7 heteroatoms. The Hall–Kier alpha value is -0.100. The summed E-state index contributed by atoms with van der Waals surface area (Å²) in [7, 11) is -3.16. The Morgan fingerprint density at radius 3 is 2.84 bits per heavy atom. The fraction of sp³-hybridized carbons (Fsp3) is 0.500. The summed E-state index contributed by atoms with van der Waals surface area (Å²) in [6, 6.07) is 5.49. The first-order valence-electron chi connectivity index (χ1n) is 5.81. The van der Waals surface area contributed by atoms with Crippen LogP contribution in [0.3, 0.4) is 0 Å². The van der Waals surface area contributed by atoms with E-state index in [1.165, 1.54) is 6.26 Å². The molecule has 2 rings (SSSR count). The van der Waals surface area contributed by atoms with Crippen LogP contribution in [0.1, 0.15) is 5.56 Å². The van der Waals surface area contributed by atoms with Gasteiger partial charge in [0.2, 0.25) is 0 Å². The van der Waals surface area contributed by atoms with Crippen LogP contribution >= 0.6 is 35.0 Å². The van der Waals surface area contributed by atoms with Gasteiger partial charge >= 0.3 is 0 Å². The van der Waals surface area contributed by atoms with Crippen LogP contribution in [-0.2, 0) is 15.7 Å². The van der Waals surface area contributed by atoms with E-state index in [2.05, 4.69) is 0 Å². The molecule has 1 fully saturated rings. The molecule has 0 N–H and O–H groups in total. The fourth-order valence-corrected chi connectivity index (χ4v) is 5.52. The zero-order valence-corrected chi connectivity index (χ0v) is 13.6. The molecule has 19 heavy (non-hydrogen) atoms. The Labute approximate surface area is 128 Å². The van der Waals surface area contributed by atoms with Crippen LogP contribution in [0.2, 0.25) is 5.02 Å². The molecule has 1 heterocycles. The normalized spacial score (nSPS) is 20.6. The van der Waals surface area contributed by atoms with Gasteiger partial charge in [-0.05, 0) is 11.6 Å². The van der Waals surface area contributed by atoms with Gasteiger partial charge in [0.15, 0.2) is 9.84 Å². The minimum Gasteiger partial charge on any atom is -0.352 e. The first kappa shape index (κ1) is 15.3. The molecule has 3 nitrogen and oxygen atoms in total. The summed E-state index contributed by atoms with van der Waals surface area (Å²) < 4.78 is 23.9. The predicted molar refractivity (Wildman–Crippen MR) is 84.3 cm³/mol. The van der Waals surface area contributed by atoms with Crippen molar-refractivity contribution in [2.45, 2.75) is 11.3 Å². The second kappa shape index (κ2) is 6.12. The summed E-state index contributed by atoms with van der Waals surface area (Å²) in [5, 5.41) is 0.0202. The number of rotatable bonds is 3. The highest BCUT2D eigenvalue weighted by molar-refractivity contribution is 8.01. The third-order valence-electron chi connectivity index (χ3n) is 3.08. The fourth-order valence-electron chi connectivity index (χ4n) is 2.18. The summed E-state index contributed by atoms with van der Waals surface area (Å²) in [6.45, 7) is 0.663. The van der Waals surface area contributed by atoms with Gasteiger partial charge in [0.05, 0.1) is 10.7 Å². The third kappa shape index (κ3) is 3.32. The molecule has 0 bridgehead atoms. The number of benzene rings is 1. The summed E-state index contributed by atoms with van der Waals surface area (Å²) in [5.41, 5.74) is 1.63. The molecule has 1 aromatic carbocycles. The van der Waals surface area contributed by atoms with Crippen molar-refractivity contribution in [2.24, 2.45) is 0 Å². The number of anilines is 1. The second-order valence-corrected chi connectivity index (χ2v) is 8.46. The van der Waals surface area contributed by atoms with E-state index in [0.29, 0.717) is 23.2 Å². The average molecular weight is 340 g/mol. The lowest BCUT2D eigenvalue weighted by molar-refractivity contribution is 0.584. The summed E-state index contributed by atoms with van der Waals surface area (Å²) in [6.07, 6.45) is 1.27. The van der Waals surface area contributed by atoms with E-state index in [1.807, 2.05) is 17.0 Å². The van der Waals surface area contributed by atoms with Crippen LogP contribution in [-0.4, -0.2) is 38.1 Å². The summed E-state index contributed by atoms with van der Waals surface area (Å²) in [4.78, 5) is 1.88. The van der Waals surface area contributed by atoms with Crippen molar-refractivity contribution in [3.05, 3.63) is 28.8 Å². The number of para-hydroxylation sites is 1. The van der Waals surface area contributed by atoms with E-state index >= 15 is 0 Å². The summed E-state index contributed by atoms with van der Waals surface area (Å²) >= 11 is 13.9. The van der Waals surface area contributed by atoms with Gasteiger partial charge in [-0.3, -0.25) is 0 Å². The van der Waals surface area contributed by atoms with E-state index < -0.39 is 15.2 Å². The van der Waals surface area contributed by atoms with Crippen LogP contribution in [0.25, 0.3) is 0 Å². The van der Waals surface area contributed by atoms with Crippen LogP contribution < -0.4 is 4.90 Å². The van der Waals surface area contributed by atoms with Crippen LogP contribution in [0, 0.1) is 0 Å². The van der Waals surface area contributed by atoms with E-state index in [9.17, 15) is 8.42 Å². The van der Waals surface area contributed by atoms with Crippen molar-refractivity contribution >= 4 is 50.5 Å². The Morgan fingerprint density at radius 1 is 1.47 bits per heavy atom. The minimum absolute atomic E-state index is 0.315. The molecule has 0 amide bonds. The van der Waals surface area contributed by atoms with Gasteiger partial charge in [0, 0.05) is 30.2 Å². The third-order valence-corrected chi connectivity index (χ3v) is 6.32. The van der Waals surface area contributed by atoms with E-state index in [1.54, 1.807) is 17.8 Å². The molecule has 0 radical (unpaired) electrons. The van der Waals surface area contributed by atoms with Gasteiger partial charge in [-0.25, -0.2) is 8.42 Å². The molecule has 1 unspecified atom stereocenters. The van der Waals surface area contributed by atoms with Gasteiger partial charge in [0.1, 0.15) is 5.37 Å². The molecular formula is C12H15Cl2NO2S2.